The minimum absolute atomic E-state index is 0.0443. The molecule has 1 fully saturated rings. The van der Waals surface area contributed by atoms with Gasteiger partial charge < -0.3 is 30.1 Å². The van der Waals surface area contributed by atoms with E-state index in [2.05, 4.69) is 5.32 Å². The predicted octanol–water partition coefficient (Wildman–Crippen LogP) is 1.29. The summed E-state index contributed by atoms with van der Waals surface area (Å²) in [6.07, 6.45) is 0.162. The molecule has 2 aliphatic rings. The number of likely N-dealkylation sites (N-methyl/N-ethyl adjacent to an activating group) is 1. The van der Waals surface area contributed by atoms with Crippen LogP contribution in [0.25, 0.3) is 0 Å². The van der Waals surface area contributed by atoms with E-state index in [1.165, 1.54) is 17.0 Å². The molecule has 37 heavy (non-hydrogen) atoms. The van der Waals surface area contributed by atoms with Gasteiger partial charge in [0.15, 0.2) is 17.3 Å². The maximum atomic E-state index is 13.5. The van der Waals surface area contributed by atoms with Crippen LogP contribution in [0.5, 0.6) is 17.2 Å². The van der Waals surface area contributed by atoms with Crippen molar-refractivity contribution in [1.29, 1.82) is 0 Å². The van der Waals surface area contributed by atoms with Crippen molar-refractivity contribution in [3.8, 4) is 17.2 Å². The number of urea groups is 1. The molecule has 2 aromatic rings. The van der Waals surface area contributed by atoms with Crippen molar-refractivity contribution < 1.29 is 39.1 Å². The van der Waals surface area contributed by atoms with Crippen LogP contribution < -0.4 is 9.97 Å². The average molecular weight is 509 g/mol. The minimum Gasteiger partial charge on any atom is -0.536 e. The van der Waals surface area contributed by atoms with Gasteiger partial charge in [0, 0.05) is 31.9 Å². The van der Waals surface area contributed by atoms with Gasteiger partial charge in [-0.05, 0) is 49.1 Å². The van der Waals surface area contributed by atoms with Gasteiger partial charge in [0.1, 0.15) is 11.8 Å². The van der Waals surface area contributed by atoms with Crippen LogP contribution in [-0.4, -0.2) is 75.4 Å². The molecule has 0 aromatic heterocycles. The van der Waals surface area contributed by atoms with Crippen LogP contribution in [0.2, 0.25) is 5.82 Å². The Bertz CT molecular complexity index is 1250. The van der Waals surface area contributed by atoms with Crippen LogP contribution in [0.1, 0.15) is 36.1 Å². The molecule has 0 radical (unpaired) electrons. The molecule has 4 N–H and O–H groups in total. The van der Waals surface area contributed by atoms with Gasteiger partial charge in [-0.15, -0.1) is 0 Å². The summed E-state index contributed by atoms with van der Waals surface area (Å²) in [7, 11) is -1.26. The van der Waals surface area contributed by atoms with Crippen molar-refractivity contribution >= 4 is 30.7 Å². The van der Waals surface area contributed by atoms with Gasteiger partial charge in [0.2, 0.25) is 0 Å². The van der Waals surface area contributed by atoms with Crippen LogP contribution >= 0.6 is 0 Å². The third kappa shape index (κ3) is 5.24. The highest BCUT2D eigenvalue weighted by Gasteiger charge is 2.40. The van der Waals surface area contributed by atoms with Gasteiger partial charge >= 0.3 is 25.0 Å². The van der Waals surface area contributed by atoms with Crippen LogP contribution in [0.3, 0.4) is 0 Å². The number of benzene rings is 2. The molecule has 12 heteroatoms. The number of phenols is 2. The highest BCUT2D eigenvalue weighted by Crippen LogP contribution is 2.37. The lowest BCUT2D eigenvalue weighted by Crippen LogP contribution is -2.58. The third-order valence-corrected chi connectivity index (χ3v) is 6.74. The number of amides is 4. The fourth-order valence-corrected chi connectivity index (χ4v) is 4.63. The van der Waals surface area contributed by atoms with Gasteiger partial charge in [-0.2, -0.15) is 0 Å². The van der Waals surface area contributed by atoms with Crippen molar-refractivity contribution in [2.45, 2.75) is 38.5 Å². The molecule has 2 aromatic carbocycles. The highest BCUT2D eigenvalue weighted by molar-refractivity contribution is 6.46. The molecule has 11 nitrogen and oxygen atoms in total. The summed E-state index contributed by atoms with van der Waals surface area (Å²) in [5, 5.41) is 32.8. The second-order valence-electron chi connectivity index (χ2n) is 9.18. The summed E-state index contributed by atoms with van der Waals surface area (Å²) >= 11 is 0. The molecular weight excluding hydrogens is 481 g/mol. The number of carbonyl (C=O) groups excluding carboxylic acids is 4. The smallest absolute Gasteiger partial charge is 0.526 e. The van der Waals surface area contributed by atoms with Crippen molar-refractivity contribution in [2.24, 2.45) is 0 Å². The normalized spacial score (nSPS) is 18.2. The van der Waals surface area contributed by atoms with Gasteiger partial charge in [0.25, 0.3) is 0 Å². The zero-order valence-corrected chi connectivity index (χ0v) is 20.5. The summed E-state index contributed by atoms with van der Waals surface area (Å²) < 4.78 is 5.67. The molecule has 2 aliphatic heterocycles. The van der Waals surface area contributed by atoms with Crippen LogP contribution in [0, 0.1) is 6.92 Å². The number of fused-ring (bicyclic) bond motifs is 1. The Morgan fingerprint density at radius 3 is 2.59 bits per heavy atom. The number of para-hydroxylation sites is 1. The number of phenolic OH excluding ortho intramolecular Hbond substituents is 2. The number of rotatable bonds is 6. The first-order chi connectivity index (χ1) is 17.6. The Hall–Kier alpha value is -4.06. The third-order valence-electron chi connectivity index (χ3n) is 6.74. The fraction of sp³-hybridized carbons (Fsp3) is 0.360. The first kappa shape index (κ1) is 26.0. The molecule has 4 rings (SSSR count). The van der Waals surface area contributed by atoms with Crippen molar-refractivity contribution in [1.82, 2.24) is 15.1 Å². The molecule has 194 valence electrons. The highest BCUT2D eigenvalue weighted by atomic mass is 16.5. The molecule has 2 heterocycles. The van der Waals surface area contributed by atoms with E-state index in [-0.39, 0.29) is 25.1 Å². The van der Waals surface area contributed by atoms with Crippen LogP contribution in [0.4, 0.5) is 4.79 Å². The molecule has 2 atom stereocenters. The second-order valence-corrected chi connectivity index (χ2v) is 9.18. The Morgan fingerprint density at radius 1 is 1.14 bits per heavy atom. The van der Waals surface area contributed by atoms with Crippen LogP contribution in [0.15, 0.2) is 36.4 Å². The Labute approximate surface area is 213 Å². The number of aromatic hydroxyl groups is 2. The number of hydrogen-bond acceptors (Lipinski definition) is 8. The largest absolute Gasteiger partial charge is 0.536 e. The number of imide groups is 1. The first-order valence-corrected chi connectivity index (χ1v) is 12.0. The molecular formula is C25H28BN3O8. The monoisotopic (exact) mass is 509 g/mol. The first-order valence-electron chi connectivity index (χ1n) is 12.0. The van der Waals surface area contributed by atoms with Crippen molar-refractivity contribution in [3.63, 3.8) is 0 Å². The number of ketones is 1. The molecule has 0 unspecified atom stereocenters. The molecule has 1 saturated heterocycles. The SMILES string of the molecule is CCN1CCN(C(=O)N[C@H](C(=O)C[C@H]2Cc3cccc(C)c3OB2O)c2ccc(O)c(O)c2)C(=O)C1=O. The van der Waals surface area contributed by atoms with E-state index in [1.807, 2.05) is 25.1 Å². The van der Waals surface area contributed by atoms with E-state index in [1.54, 1.807) is 6.92 Å². The lowest BCUT2D eigenvalue weighted by Gasteiger charge is -2.33. The maximum absolute atomic E-state index is 13.5. The zero-order chi connectivity index (χ0) is 26.9. The summed E-state index contributed by atoms with van der Waals surface area (Å²) in [5.74, 6) is -3.31. The van der Waals surface area contributed by atoms with Gasteiger partial charge in [-0.3, -0.25) is 19.3 Å². The van der Waals surface area contributed by atoms with Crippen molar-refractivity contribution in [2.75, 3.05) is 19.6 Å². The van der Waals surface area contributed by atoms with E-state index < -0.39 is 54.1 Å². The molecule has 4 amide bonds. The van der Waals surface area contributed by atoms with E-state index >= 15 is 0 Å². The van der Waals surface area contributed by atoms with Crippen LogP contribution in [-0.2, 0) is 20.8 Å². The topological polar surface area (TPSA) is 157 Å². The Morgan fingerprint density at radius 2 is 1.89 bits per heavy atom. The van der Waals surface area contributed by atoms with E-state index in [9.17, 15) is 34.4 Å². The molecule has 0 spiro atoms. The second kappa shape index (κ2) is 10.5. The zero-order valence-electron chi connectivity index (χ0n) is 20.5. The predicted molar refractivity (Wildman–Crippen MR) is 132 cm³/mol. The number of carbonyl (C=O) groups is 4. The fourth-order valence-electron chi connectivity index (χ4n) is 4.63. The Kier molecular flexibility index (Phi) is 7.39. The molecule has 0 bridgehead atoms. The summed E-state index contributed by atoms with van der Waals surface area (Å²) in [6, 6.07) is 6.93. The van der Waals surface area contributed by atoms with Gasteiger partial charge in [0.05, 0.1) is 0 Å². The average Bonchev–Trinajstić information content (AvgIpc) is 2.87. The lowest BCUT2D eigenvalue weighted by atomic mass is 9.64. The summed E-state index contributed by atoms with van der Waals surface area (Å²) in [4.78, 5) is 53.3. The quantitative estimate of drug-likeness (QED) is 0.258. The van der Waals surface area contributed by atoms with Gasteiger partial charge in [-0.25, -0.2) is 4.79 Å². The van der Waals surface area contributed by atoms with E-state index in [4.69, 9.17) is 4.65 Å². The van der Waals surface area contributed by atoms with Gasteiger partial charge in [-0.1, -0.05) is 24.3 Å². The van der Waals surface area contributed by atoms with E-state index in [0.29, 0.717) is 18.7 Å². The molecule has 0 saturated carbocycles. The number of nitrogens with one attached hydrogen (secondary N) is 1. The summed E-state index contributed by atoms with van der Waals surface area (Å²) in [5.41, 5.74) is 1.85. The van der Waals surface area contributed by atoms with E-state index in [0.717, 1.165) is 22.1 Å². The Balaban J connectivity index is 1.56. The number of aryl methyl sites for hydroxylation is 1. The number of hydrogen-bond donors (Lipinski definition) is 4. The number of piperazine rings is 1. The van der Waals surface area contributed by atoms with Crippen molar-refractivity contribution in [3.05, 3.63) is 53.1 Å². The lowest BCUT2D eigenvalue weighted by molar-refractivity contribution is -0.153. The number of nitrogens with zero attached hydrogens (tertiary/aromatic N) is 2. The standard InChI is InChI=1S/C25H28BN3O8/c1-3-28-9-10-29(24(34)23(28)33)25(35)27-21(15-7-8-18(30)19(31)12-15)20(32)13-17-11-16-6-4-5-14(2)22(16)37-26(17)36/h4-8,12,17,21,30-31,36H,3,9-11,13H2,1-2H3,(H,27,35)/t17-,21+/m1/s1. The maximum Gasteiger partial charge on any atom is 0.526 e. The number of Topliss-reactive ketones (excluding diaryl/α,β-unsaturated/α-hetero) is 1. The molecule has 0 aliphatic carbocycles. The summed E-state index contributed by atoms with van der Waals surface area (Å²) in [6.45, 7) is 4.01. The minimum atomic E-state index is -1.34.